The normalized spacial score (nSPS) is 23.4. The van der Waals surface area contributed by atoms with Gasteiger partial charge in [0.15, 0.2) is 11.5 Å². The summed E-state index contributed by atoms with van der Waals surface area (Å²) in [4.78, 5) is 0. The molecule has 2 unspecified atom stereocenters. The van der Waals surface area contributed by atoms with Crippen molar-refractivity contribution in [1.82, 2.24) is 0 Å². The summed E-state index contributed by atoms with van der Waals surface area (Å²) >= 11 is 0. The predicted octanol–water partition coefficient (Wildman–Crippen LogP) is 2.26. The van der Waals surface area contributed by atoms with Crippen LogP contribution in [0, 0.1) is 0 Å². The fraction of sp³-hybridized carbons (Fsp3) is 0.500. The second-order valence-corrected chi connectivity index (χ2v) is 3.70. The van der Waals surface area contributed by atoms with Gasteiger partial charge in [-0.05, 0) is 19.4 Å². The molecule has 2 atom stereocenters. The Labute approximate surface area is 90.2 Å². The first kappa shape index (κ1) is 10.3. The summed E-state index contributed by atoms with van der Waals surface area (Å²) in [6, 6.07) is 5.88. The Kier molecular flexibility index (Phi) is 2.82. The van der Waals surface area contributed by atoms with Gasteiger partial charge in [0, 0.05) is 5.56 Å². The Morgan fingerprint density at radius 3 is 2.87 bits per heavy atom. The van der Waals surface area contributed by atoms with Crippen LogP contribution in [0.1, 0.15) is 31.9 Å². The average Bonchev–Trinajstić information content (AvgIpc) is 2.58. The van der Waals surface area contributed by atoms with Crippen LogP contribution in [0.5, 0.6) is 11.5 Å². The molecule has 82 valence electrons. The Balaban J connectivity index is 2.35. The maximum Gasteiger partial charge on any atom is 0.166 e. The average molecular weight is 207 g/mol. The number of para-hydroxylation sites is 1. The third-order valence-corrected chi connectivity index (χ3v) is 2.74. The lowest BCUT2D eigenvalue weighted by atomic mass is 10.0. The van der Waals surface area contributed by atoms with Crippen molar-refractivity contribution in [2.45, 2.75) is 32.4 Å². The lowest BCUT2D eigenvalue weighted by molar-refractivity contribution is 0.193. The van der Waals surface area contributed by atoms with E-state index in [4.69, 9.17) is 15.2 Å². The zero-order valence-electron chi connectivity index (χ0n) is 9.19. The molecule has 0 aliphatic carbocycles. The van der Waals surface area contributed by atoms with Gasteiger partial charge in [0.25, 0.3) is 0 Å². The highest BCUT2D eigenvalue weighted by Crippen LogP contribution is 2.42. The topological polar surface area (TPSA) is 44.5 Å². The number of ether oxygens (including phenoxy) is 2. The van der Waals surface area contributed by atoms with Gasteiger partial charge in [-0.15, -0.1) is 0 Å². The zero-order chi connectivity index (χ0) is 10.8. The Morgan fingerprint density at radius 1 is 1.40 bits per heavy atom. The molecule has 0 fully saturated rings. The number of benzene rings is 1. The Bertz CT molecular complexity index is 351. The molecule has 0 radical (unpaired) electrons. The van der Waals surface area contributed by atoms with Crippen LogP contribution < -0.4 is 15.2 Å². The van der Waals surface area contributed by atoms with Crippen LogP contribution in [0.3, 0.4) is 0 Å². The molecule has 15 heavy (non-hydrogen) atoms. The van der Waals surface area contributed by atoms with Crippen LogP contribution in [-0.4, -0.2) is 12.7 Å². The maximum atomic E-state index is 6.09. The van der Waals surface area contributed by atoms with Gasteiger partial charge in [0.1, 0.15) is 6.10 Å². The molecule has 1 aliphatic heterocycles. The highest BCUT2D eigenvalue weighted by Gasteiger charge is 2.32. The van der Waals surface area contributed by atoms with Crippen molar-refractivity contribution in [3.63, 3.8) is 0 Å². The summed E-state index contributed by atoms with van der Waals surface area (Å²) in [7, 11) is 0. The van der Waals surface area contributed by atoms with Crippen LogP contribution in [-0.2, 0) is 0 Å². The van der Waals surface area contributed by atoms with Gasteiger partial charge in [-0.25, -0.2) is 0 Å². The summed E-state index contributed by atoms with van der Waals surface area (Å²) in [5.74, 6) is 1.64. The number of hydrogen-bond donors (Lipinski definition) is 1. The van der Waals surface area contributed by atoms with Crippen LogP contribution in [0.15, 0.2) is 18.2 Å². The van der Waals surface area contributed by atoms with E-state index in [0.29, 0.717) is 6.61 Å². The maximum absolute atomic E-state index is 6.09. The van der Waals surface area contributed by atoms with E-state index in [1.807, 2.05) is 25.1 Å². The van der Waals surface area contributed by atoms with E-state index in [2.05, 4.69) is 6.92 Å². The summed E-state index contributed by atoms with van der Waals surface area (Å²) < 4.78 is 11.3. The Hall–Kier alpha value is -1.22. The molecule has 1 aromatic rings. The van der Waals surface area contributed by atoms with Crippen LogP contribution >= 0.6 is 0 Å². The molecule has 2 rings (SSSR count). The van der Waals surface area contributed by atoms with Gasteiger partial charge in [-0.3, -0.25) is 0 Å². The molecule has 1 aromatic carbocycles. The van der Waals surface area contributed by atoms with E-state index in [9.17, 15) is 0 Å². The van der Waals surface area contributed by atoms with Crippen molar-refractivity contribution in [3.8, 4) is 11.5 Å². The number of nitrogens with two attached hydrogens (primary N) is 1. The predicted molar refractivity (Wildman–Crippen MR) is 59.2 cm³/mol. The van der Waals surface area contributed by atoms with E-state index in [0.717, 1.165) is 23.5 Å². The summed E-state index contributed by atoms with van der Waals surface area (Å²) in [5.41, 5.74) is 7.15. The van der Waals surface area contributed by atoms with Gasteiger partial charge in [-0.1, -0.05) is 19.1 Å². The molecule has 1 heterocycles. The van der Waals surface area contributed by atoms with Gasteiger partial charge in [0.05, 0.1) is 12.6 Å². The molecule has 0 amide bonds. The smallest absolute Gasteiger partial charge is 0.166 e. The van der Waals surface area contributed by atoms with Gasteiger partial charge in [0.2, 0.25) is 0 Å². The Morgan fingerprint density at radius 2 is 2.20 bits per heavy atom. The third kappa shape index (κ3) is 1.67. The minimum Gasteiger partial charge on any atom is -0.490 e. The van der Waals surface area contributed by atoms with E-state index in [1.165, 1.54) is 0 Å². The highest BCUT2D eigenvalue weighted by atomic mass is 16.5. The fourth-order valence-corrected chi connectivity index (χ4v) is 1.95. The monoisotopic (exact) mass is 207 g/mol. The standard InChI is InChI=1S/C12H17NO2/c1-3-9-11(13)8-6-5-7-10(14-4-2)12(8)15-9/h5-7,9,11H,3-4,13H2,1-2H3. The van der Waals surface area contributed by atoms with Crippen molar-refractivity contribution in [1.29, 1.82) is 0 Å². The first-order valence-corrected chi connectivity index (χ1v) is 5.45. The van der Waals surface area contributed by atoms with Crippen molar-refractivity contribution in [2.24, 2.45) is 5.73 Å². The minimum atomic E-state index is -0.0228. The summed E-state index contributed by atoms with van der Waals surface area (Å²) in [6.45, 7) is 4.69. The van der Waals surface area contributed by atoms with Gasteiger partial charge in [-0.2, -0.15) is 0 Å². The number of hydrogen-bond acceptors (Lipinski definition) is 3. The molecule has 0 saturated carbocycles. The van der Waals surface area contributed by atoms with Crippen LogP contribution in [0.2, 0.25) is 0 Å². The molecule has 0 bridgehead atoms. The number of rotatable bonds is 3. The molecular formula is C12H17NO2. The second kappa shape index (κ2) is 4.11. The largest absolute Gasteiger partial charge is 0.490 e. The molecule has 3 nitrogen and oxygen atoms in total. The molecule has 2 N–H and O–H groups in total. The molecular weight excluding hydrogens is 190 g/mol. The van der Waals surface area contributed by atoms with Crippen molar-refractivity contribution >= 4 is 0 Å². The molecule has 0 saturated heterocycles. The van der Waals surface area contributed by atoms with Crippen molar-refractivity contribution in [2.75, 3.05) is 6.61 Å². The first-order chi connectivity index (χ1) is 7.27. The minimum absolute atomic E-state index is 0.0228. The summed E-state index contributed by atoms with van der Waals surface area (Å²) in [6.07, 6.45) is 1.00. The first-order valence-electron chi connectivity index (χ1n) is 5.45. The quantitative estimate of drug-likeness (QED) is 0.826. The highest BCUT2D eigenvalue weighted by molar-refractivity contribution is 5.51. The fourth-order valence-electron chi connectivity index (χ4n) is 1.95. The zero-order valence-corrected chi connectivity index (χ0v) is 9.19. The van der Waals surface area contributed by atoms with Crippen molar-refractivity contribution < 1.29 is 9.47 Å². The molecule has 1 aliphatic rings. The van der Waals surface area contributed by atoms with E-state index in [-0.39, 0.29) is 12.1 Å². The van der Waals surface area contributed by atoms with Crippen molar-refractivity contribution in [3.05, 3.63) is 23.8 Å². The van der Waals surface area contributed by atoms with E-state index >= 15 is 0 Å². The molecule has 3 heteroatoms. The van der Waals surface area contributed by atoms with Gasteiger partial charge < -0.3 is 15.2 Å². The lowest BCUT2D eigenvalue weighted by Gasteiger charge is -2.12. The summed E-state index contributed by atoms with van der Waals surface area (Å²) in [5, 5.41) is 0. The lowest BCUT2D eigenvalue weighted by Crippen LogP contribution is -2.24. The number of fused-ring (bicyclic) bond motifs is 1. The third-order valence-electron chi connectivity index (χ3n) is 2.74. The second-order valence-electron chi connectivity index (χ2n) is 3.70. The van der Waals surface area contributed by atoms with E-state index in [1.54, 1.807) is 0 Å². The molecule has 0 aromatic heterocycles. The van der Waals surface area contributed by atoms with Gasteiger partial charge >= 0.3 is 0 Å². The molecule has 0 spiro atoms. The SMILES string of the molecule is CCOc1cccc2c1OC(CC)C2N. The van der Waals surface area contributed by atoms with Crippen LogP contribution in [0.4, 0.5) is 0 Å². The van der Waals surface area contributed by atoms with E-state index < -0.39 is 0 Å². The van der Waals surface area contributed by atoms with Crippen LogP contribution in [0.25, 0.3) is 0 Å².